The first-order valence-electron chi connectivity index (χ1n) is 8.99. The standard InChI is InChI=1S/C22H26N2O2/c1-17-21(22(25)26-3)16-23(14-19-10-6-4-7-11-19)18(2)24(17)15-20-12-8-5-9-13-20/h4-13,16-18H,14-15H2,1-3H3/t17-,18+/m0/s1. The summed E-state index contributed by atoms with van der Waals surface area (Å²) in [4.78, 5) is 16.9. The van der Waals surface area contributed by atoms with Crippen LogP contribution in [0.3, 0.4) is 0 Å². The monoisotopic (exact) mass is 350 g/mol. The van der Waals surface area contributed by atoms with Crippen molar-refractivity contribution in [2.75, 3.05) is 7.11 Å². The normalized spacial score (nSPS) is 20.6. The fourth-order valence-electron chi connectivity index (χ4n) is 3.46. The van der Waals surface area contributed by atoms with Crippen LogP contribution < -0.4 is 0 Å². The van der Waals surface area contributed by atoms with E-state index in [9.17, 15) is 4.79 Å². The zero-order chi connectivity index (χ0) is 18.5. The molecule has 0 fully saturated rings. The molecule has 136 valence electrons. The quantitative estimate of drug-likeness (QED) is 0.768. The molecule has 0 saturated carbocycles. The highest BCUT2D eigenvalue weighted by atomic mass is 16.5. The van der Waals surface area contributed by atoms with E-state index in [1.54, 1.807) is 0 Å². The van der Waals surface area contributed by atoms with Crippen molar-refractivity contribution in [1.29, 1.82) is 0 Å². The van der Waals surface area contributed by atoms with Gasteiger partial charge in [-0.05, 0) is 25.0 Å². The molecule has 2 aromatic carbocycles. The van der Waals surface area contributed by atoms with E-state index in [0.29, 0.717) is 5.57 Å². The molecule has 0 spiro atoms. The van der Waals surface area contributed by atoms with Gasteiger partial charge in [-0.25, -0.2) is 4.79 Å². The maximum Gasteiger partial charge on any atom is 0.336 e. The van der Waals surface area contributed by atoms with E-state index >= 15 is 0 Å². The summed E-state index contributed by atoms with van der Waals surface area (Å²) in [5, 5.41) is 0. The summed E-state index contributed by atoms with van der Waals surface area (Å²) < 4.78 is 5.03. The van der Waals surface area contributed by atoms with Gasteiger partial charge in [-0.2, -0.15) is 0 Å². The minimum Gasteiger partial charge on any atom is -0.466 e. The number of rotatable bonds is 5. The second kappa shape index (κ2) is 8.19. The Morgan fingerprint density at radius 1 is 0.923 bits per heavy atom. The number of carbonyl (C=O) groups is 1. The van der Waals surface area contributed by atoms with Crippen LogP contribution in [-0.4, -0.2) is 35.1 Å². The van der Waals surface area contributed by atoms with Crippen LogP contribution in [0.1, 0.15) is 25.0 Å². The molecule has 26 heavy (non-hydrogen) atoms. The lowest BCUT2D eigenvalue weighted by Crippen LogP contribution is -2.53. The van der Waals surface area contributed by atoms with Gasteiger partial charge in [-0.3, -0.25) is 4.90 Å². The fraction of sp³-hybridized carbons (Fsp3) is 0.318. The Morgan fingerprint density at radius 2 is 1.46 bits per heavy atom. The number of hydrogen-bond acceptors (Lipinski definition) is 4. The first-order valence-corrected chi connectivity index (χ1v) is 8.99. The molecule has 0 unspecified atom stereocenters. The van der Waals surface area contributed by atoms with Crippen LogP contribution in [0.25, 0.3) is 0 Å². The number of carbonyl (C=O) groups excluding carboxylic acids is 1. The Labute approximate surface area is 155 Å². The van der Waals surface area contributed by atoms with Crippen LogP contribution in [0.2, 0.25) is 0 Å². The summed E-state index contributed by atoms with van der Waals surface area (Å²) in [5.41, 5.74) is 3.14. The summed E-state index contributed by atoms with van der Waals surface area (Å²) in [6.45, 7) is 5.79. The second-order valence-electron chi connectivity index (χ2n) is 6.70. The zero-order valence-corrected chi connectivity index (χ0v) is 15.6. The molecule has 0 aliphatic carbocycles. The topological polar surface area (TPSA) is 32.8 Å². The first kappa shape index (κ1) is 18.2. The maximum atomic E-state index is 12.3. The predicted molar refractivity (Wildman–Crippen MR) is 103 cm³/mol. The van der Waals surface area contributed by atoms with Gasteiger partial charge in [0.15, 0.2) is 0 Å². The molecule has 0 amide bonds. The smallest absolute Gasteiger partial charge is 0.336 e. The molecule has 1 heterocycles. The van der Waals surface area contributed by atoms with E-state index in [-0.39, 0.29) is 18.2 Å². The second-order valence-corrected chi connectivity index (χ2v) is 6.70. The average Bonchev–Trinajstić information content (AvgIpc) is 2.68. The van der Waals surface area contributed by atoms with Gasteiger partial charge in [0.05, 0.1) is 18.8 Å². The average molecular weight is 350 g/mol. The lowest BCUT2D eigenvalue weighted by Gasteiger charge is -2.45. The molecule has 0 saturated heterocycles. The van der Waals surface area contributed by atoms with Gasteiger partial charge in [0.2, 0.25) is 0 Å². The van der Waals surface area contributed by atoms with E-state index in [1.807, 2.05) is 42.6 Å². The molecule has 2 aromatic rings. The largest absolute Gasteiger partial charge is 0.466 e. The Morgan fingerprint density at radius 3 is 2.00 bits per heavy atom. The van der Waals surface area contributed by atoms with Crippen LogP contribution in [0.4, 0.5) is 0 Å². The third kappa shape index (κ3) is 3.97. The Hall–Kier alpha value is -2.59. The van der Waals surface area contributed by atoms with Crippen LogP contribution in [0.15, 0.2) is 72.4 Å². The Balaban J connectivity index is 1.90. The highest BCUT2D eigenvalue weighted by Crippen LogP contribution is 2.27. The van der Waals surface area contributed by atoms with E-state index in [0.717, 1.165) is 13.1 Å². The molecule has 4 nitrogen and oxygen atoms in total. The minimum absolute atomic E-state index is 0.00956. The molecule has 0 N–H and O–H groups in total. The van der Waals surface area contributed by atoms with E-state index in [4.69, 9.17) is 4.74 Å². The number of nitrogens with zero attached hydrogens (tertiary/aromatic N) is 2. The number of methoxy groups -OCH3 is 1. The van der Waals surface area contributed by atoms with Crippen molar-refractivity contribution in [3.8, 4) is 0 Å². The molecule has 0 radical (unpaired) electrons. The highest BCUT2D eigenvalue weighted by Gasteiger charge is 2.34. The molecule has 3 rings (SSSR count). The molecule has 1 aliphatic rings. The summed E-state index contributed by atoms with van der Waals surface area (Å²) in [6, 6.07) is 20.7. The third-order valence-corrected chi connectivity index (χ3v) is 5.05. The van der Waals surface area contributed by atoms with Gasteiger partial charge in [-0.15, -0.1) is 0 Å². The van der Waals surface area contributed by atoms with E-state index in [1.165, 1.54) is 18.2 Å². The molecule has 0 aromatic heterocycles. The van der Waals surface area contributed by atoms with Gasteiger partial charge >= 0.3 is 5.97 Å². The molecule has 1 aliphatic heterocycles. The van der Waals surface area contributed by atoms with Gasteiger partial charge in [-0.1, -0.05) is 60.7 Å². The van der Waals surface area contributed by atoms with E-state index < -0.39 is 0 Å². The third-order valence-electron chi connectivity index (χ3n) is 5.05. The summed E-state index contributed by atoms with van der Waals surface area (Å²) in [7, 11) is 1.44. The number of ether oxygens (including phenoxy) is 1. The summed E-state index contributed by atoms with van der Waals surface area (Å²) in [6.07, 6.45) is 2.13. The van der Waals surface area contributed by atoms with Crippen molar-refractivity contribution in [2.45, 2.75) is 39.1 Å². The first-order chi connectivity index (χ1) is 12.6. The van der Waals surface area contributed by atoms with Crippen molar-refractivity contribution < 1.29 is 9.53 Å². The Kier molecular flexibility index (Phi) is 5.74. The van der Waals surface area contributed by atoms with Crippen molar-refractivity contribution >= 4 is 5.97 Å². The molecule has 0 bridgehead atoms. The summed E-state index contributed by atoms with van der Waals surface area (Å²) in [5.74, 6) is -0.263. The lowest BCUT2D eigenvalue weighted by molar-refractivity contribution is -0.137. The zero-order valence-electron chi connectivity index (χ0n) is 15.6. The lowest BCUT2D eigenvalue weighted by atomic mass is 10.0. The van der Waals surface area contributed by atoms with Gasteiger partial charge in [0, 0.05) is 25.3 Å². The SMILES string of the molecule is COC(=O)C1=CN(Cc2ccccc2)[C@@H](C)N(Cc2ccccc2)[C@H]1C. The van der Waals surface area contributed by atoms with Crippen LogP contribution in [0.5, 0.6) is 0 Å². The number of esters is 1. The summed E-state index contributed by atoms with van der Waals surface area (Å²) >= 11 is 0. The predicted octanol–water partition coefficient (Wildman–Crippen LogP) is 3.80. The van der Waals surface area contributed by atoms with Crippen molar-refractivity contribution in [2.24, 2.45) is 0 Å². The molecule has 4 heteroatoms. The minimum atomic E-state index is -0.263. The van der Waals surface area contributed by atoms with E-state index in [2.05, 4.69) is 47.9 Å². The number of hydrogen-bond donors (Lipinski definition) is 0. The molecular formula is C22H26N2O2. The molecule has 2 atom stereocenters. The molecular weight excluding hydrogens is 324 g/mol. The number of benzene rings is 2. The fourth-order valence-corrected chi connectivity index (χ4v) is 3.46. The Bertz CT molecular complexity index is 758. The van der Waals surface area contributed by atoms with Crippen LogP contribution in [0, 0.1) is 0 Å². The van der Waals surface area contributed by atoms with Crippen LogP contribution in [-0.2, 0) is 22.6 Å². The highest BCUT2D eigenvalue weighted by molar-refractivity contribution is 5.89. The van der Waals surface area contributed by atoms with Crippen molar-refractivity contribution in [1.82, 2.24) is 9.80 Å². The van der Waals surface area contributed by atoms with Gasteiger partial charge < -0.3 is 9.64 Å². The van der Waals surface area contributed by atoms with Crippen molar-refractivity contribution in [3.63, 3.8) is 0 Å². The van der Waals surface area contributed by atoms with Gasteiger partial charge in [0.25, 0.3) is 0 Å². The van der Waals surface area contributed by atoms with Crippen LogP contribution >= 0.6 is 0 Å². The van der Waals surface area contributed by atoms with Crippen molar-refractivity contribution in [3.05, 3.63) is 83.6 Å². The maximum absolute atomic E-state index is 12.3. The van der Waals surface area contributed by atoms with Gasteiger partial charge in [0.1, 0.15) is 0 Å².